The molecule has 0 unspecified atom stereocenters. The molecule has 0 aliphatic heterocycles. The number of carbonyl (C=O) groups is 1. The molecule has 0 saturated carbocycles. The van der Waals surface area contributed by atoms with Crippen molar-refractivity contribution in [1.82, 2.24) is 14.8 Å². The number of nitrogens with zero attached hydrogens (tertiary/aromatic N) is 4. The molecule has 0 aliphatic carbocycles. The van der Waals surface area contributed by atoms with Crippen LogP contribution in [-0.2, 0) is 11.3 Å². The lowest BCUT2D eigenvalue weighted by Crippen LogP contribution is -2.29. The van der Waals surface area contributed by atoms with Gasteiger partial charge < -0.3 is 5.32 Å². The number of nitro groups is 1. The Bertz CT molecular complexity index is 1340. The Balaban J connectivity index is 1.55. The molecule has 4 aromatic rings. The van der Waals surface area contributed by atoms with E-state index in [1.165, 1.54) is 41.7 Å². The van der Waals surface area contributed by atoms with Gasteiger partial charge in [-0.15, -0.1) is 0 Å². The van der Waals surface area contributed by atoms with Gasteiger partial charge in [0, 0.05) is 23.8 Å². The van der Waals surface area contributed by atoms with Crippen LogP contribution in [0.15, 0.2) is 59.4 Å². The molecule has 0 bridgehead atoms. The van der Waals surface area contributed by atoms with Crippen molar-refractivity contribution in [3.63, 3.8) is 0 Å². The van der Waals surface area contributed by atoms with Crippen molar-refractivity contribution < 1.29 is 9.72 Å². The standard InChI is InChI=1S/C20H15N5O4S/c1-12-5-6-16-17(9-12)30-20(21-16)22-18(26)11-24-19(27)8-7-15(23-24)13-3-2-4-14(10-13)25(28)29/h2-10H,11H2,1H3,(H,21,22,26). The van der Waals surface area contributed by atoms with Crippen LogP contribution in [0.4, 0.5) is 10.8 Å². The third-order valence-corrected chi connectivity index (χ3v) is 5.24. The van der Waals surface area contributed by atoms with Crippen molar-refractivity contribution in [2.24, 2.45) is 0 Å². The second kappa shape index (κ2) is 7.84. The fourth-order valence-electron chi connectivity index (χ4n) is 2.88. The zero-order chi connectivity index (χ0) is 21.3. The highest BCUT2D eigenvalue weighted by Gasteiger charge is 2.13. The second-order valence-electron chi connectivity index (χ2n) is 6.56. The van der Waals surface area contributed by atoms with Gasteiger partial charge in [0.1, 0.15) is 6.54 Å². The van der Waals surface area contributed by atoms with Gasteiger partial charge >= 0.3 is 0 Å². The summed E-state index contributed by atoms with van der Waals surface area (Å²) in [5.41, 5.74) is 2.15. The lowest BCUT2D eigenvalue weighted by atomic mass is 10.1. The number of benzene rings is 2. The van der Waals surface area contributed by atoms with E-state index in [0.29, 0.717) is 16.4 Å². The van der Waals surface area contributed by atoms with E-state index in [9.17, 15) is 19.7 Å². The number of non-ortho nitro benzene ring substituents is 1. The Morgan fingerprint density at radius 3 is 2.83 bits per heavy atom. The third kappa shape index (κ3) is 4.08. The van der Waals surface area contributed by atoms with E-state index >= 15 is 0 Å². The minimum Gasteiger partial charge on any atom is -0.300 e. The first-order valence-electron chi connectivity index (χ1n) is 8.89. The zero-order valence-corrected chi connectivity index (χ0v) is 16.5. The van der Waals surface area contributed by atoms with Gasteiger partial charge in [-0.3, -0.25) is 19.7 Å². The number of carbonyl (C=O) groups excluding carboxylic acids is 1. The van der Waals surface area contributed by atoms with Crippen LogP contribution in [0.2, 0.25) is 0 Å². The summed E-state index contributed by atoms with van der Waals surface area (Å²) in [6.07, 6.45) is 0. The summed E-state index contributed by atoms with van der Waals surface area (Å²) in [5, 5.41) is 18.3. The first kappa shape index (κ1) is 19.4. The summed E-state index contributed by atoms with van der Waals surface area (Å²) < 4.78 is 1.97. The average Bonchev–Trinajstić information content (AvgIpc) is 3.10. The Morgan fingerprint density at radius 2 is 2.03 bits per heavy atom. The zero-order valence-electron chi connectivity index (χ0n) is 15.7. The highest BCUT2D eigenvalue weighted by molar-refractivity contribution is 7.22. The number of nitro benzene ring substituents is 1. The van der Waals surface area contributed by atoms with Crippen molar-refractivity contribution >= 4 is 38.3 Å². The maximum absolute atomic E-state index is 12.4. The number of rotatable bonds is 5. The van der Waals surface area contributed by atoms with Gasteiger partial charge in [-0.1, -0.05) is 29.5 Å². The van der Waals surface area contributed by atoms with E-state index < -0.39 is 16.4 Å². The van der Waals surface area contributed by atoms with Crippen molar-refractivity contribution in [2.45, 2.75) is 13.5 Å². The number of nitrogens with one attached hydrogen (secondary N) is 1. The molecule has 1 amide bonds. The normalized spacial score (nSPS) is 10.8. The molecule has 2 heterocycles. The summed E-state index contributed by atoms with van der Waals surface area (Å²) in [6.45, 7) is 1.67. The number of hydrogen-bond donors (Lipinski definition) is 1. The van der Waals surface area contributed by atoms with Gasteiger partial charge in [-0.25, -0.2) is 9.67 Å². The van der Waals surface area contributed by atoms with Crippen molar-refractivity contribution in [3.8, 4) is 11.3 Å². The monoisotopic (exact) mass is 421 g/mol. The fraction of sp³-hybridized carbons (Fsp3) is 0.100. The van der Waals surface area contributed by atoms with Gasteiger partial charge in [-0.2, -0.15) is 5.10 Å². The summed E-state index contributed by atoms with van der Waals surface area (Å²) in [7, 11) is 0. The Kier molecular flexibility index (Phi) is 5.07. The van der Waals surface area contributed by atoms with E-state index in [1.54, 1.807) is 6.07 Å². The van der Waals surface area contributed by atoms with Gasteiger partial charge in [-0.05, 0) is 30.7 Å². The number of anilines is 1. The van der Waals surface area contributed by atoms with Gasteiger partial charge in [0.25, 0.3) is 11.2 Å². The molecule has 0 fully saturated rings. The number of thiazole rings is 1. The minimum absolute atomic E-state index is 0.0872. The third-order valence-electron chi connectivity index (χ3n) is 4.30. The molecule has 9 nitrogen and oxygen atoms in total. The number of aryl methyl sites for hydroxylation is 1. The molecule has 2 aromatic carbocycles. The molecule has 2 aromatic heterocycles. The number of fused-ring (bicyclic) bond motifs is 1. The number of aromatic nitrogens is 3. The SMILES string of the molecule is Cc1ccc2nc(NC(=O)Cn3nc(-c4cccc([N+](=O)[O-])c4)ccc3=O)sc2c1. The predicted molar refractivity (Wildman–Crippen MR) is 114 cm³/mol. The van der Waals surface area contributed by atoms with Crippen LogP contribution in [-0.4, -0.2) is 25.6 Å². The van der Waals surface area contributed by atoms with E-state index in [0.717, 1.165) is 20.5 Å². The first-order chi connectivity index (χ1) is 14.4. The van der Waals surface area contributed by atoms with Crippen molar-refractivity contribution in [3.05, 3.63) is 80.6 Å². The summed E-state index contributed by atoms with van der Waals surface area (Å²) in [5.74, 6) is -0.448. The van der Waals surface area contributed by atoms with E-state index in [2.05, 4.69) is 15.4 Å². The molecular weight excluding hydrogens is 406 g/mol. The lowest BCUT2D eigenvalue weighted by Gasteiger charge is -2.07. The van der Waals surface area contributed by atoms with Gasteiger partial charge in [0.2, 0.25) is 5.91 Å². The molecule has 4 rings (SSSR count). The summed E-state index contributed by atoms with van der Waals surface area (Å²) in [6, 6.07) is 14.5. The van der Waals surface area contributed by atoms with Crippen molar-refractivity contribution in [1.29, 1.82) is 0 Å². The highest BCUT2D eigenvalue weighted by Crippen LogP contribution is 2.26. The lowest BCUT2D eigenvalue weighted by molar-refractivity contribution is -0.384. The Hall–Kier alpha value is -3.92. The fourth-order valence-corrected chi connectivity index (χ4v) is 3.86. The van der Waals surface area contributed by atoms with Gasteiger partial charge in [0.15, 0.2) is 5.13 Å². The molecule has 10 heteroatoms. The van der Waals surface area contributed by atoms with E-state index in [4.69, 9.17) is 0 Å². The molecule has 1 N–H and O–H groups in total. The average molecular weight is 421 g/mol. The molecular formula is C20H15N5O4S. The highest BCUT2D eigenvalue weighted by atomic mass is 32.1. The smallest absolute Gasteiger partial charge is 0.270 e. The van der Waals surface area contributed by atoms with Crippen LogP contribution in [0, 0.1) is 17.0 Å². The first-order valence-corrected chi connectivity index (χ1v) is 9.71. The van der Waals surface area contributed by atoms with Crippen LogP contribution in [0.25, 0.3) is 21.5 Å². The molecule has 0 aliphatic rings. The maximum Gasteiger partial charge on any atom is 0.270 e. The summed E-state index contributed by atoms with van der Waals surface area (Å²) >= 11 is 1.34. The largest absolute Gasteiger partial charge is 0.300 e. The molecule has 0 saturated heterocycles. The van der Waals surface area contributed by atoms with Crippen LogP contribution < -0.4 is 10.9 Å². The molecule has 150 valence electrons. The number of hydrogen-bond acceptors (Lipinski definition) is 7. The Labute approximate surface area is 173 Å². The van der Waals surface area contributed by atoms with Crippen LogP contribution in [0.1, 0.15) is 5.56 Å². The quantitative estimate of drug-likeness (QED) is 0.390. The summed E-state index contributed by atoms with van der Waals surface area (Å²) in [4.78, 5) is 39.4. The predicted octanol–water partition coefficient (Wildman–Crippen LogP) is 3.38. The molecule has 0 atom stereocenters. The van der Waals surface area contributed by atoms with Gasteiger partial charge in [0.05, 0.1) is 20.8 Å². The molecule has 0 spiro atoms. The van der Waals surface area contributed by atoms with Crippen LogP contribution in [0.3, 0.4) is 0 Å². The van der Waals surface area contributed by atoms with E-state index in [-0.39, 0.29) is 12.2 Å². The topological polar surface area (TPSA) is 120 Å². The van der Waals surface area contributed by atoms with Crippen LogP contribution in [0.5, 0.6) is 0 Å². The molecule has 0 radical (unpaired) electrons. The minimum atomic E-state index is -0.507. The second-order valence-corrected chi connectivity index (χ2v) is 7.59. The number of amides is 1. The van der Waals surface area contributed by atoms with Crippen LogP contribution >= 0.6 is 11.3 Å². The van der Waals surface area contributed by atoms with E-state index in [1.807, 2.05) is 25.1 Å². The Morgan fingerprint density at radius 1 is 1.20 bits per heavy atom. The van der Waals surface area contributed by atoms with Crippen molar-refractivity contribution in [2.75, 3.05) is 5.32 Å². The molecule has 30 heavy (non-hydrogen) atoms. The maximum atomic E-state index is 12.4.